The monoisotopic (exact) mass is 389 g/mol. The molecule has 0 radical (unpaired) electrons. The topological polar surface area (TPSA) is 71.3 Å². The molecule has 1 amide bonds. The second-order valence-corrected chi connectivity index (χ2v) is 8.34. The van der Waals surface area contributed by atoms with Crippen LogP contribution in [0.5, 0.6) is 0 Å². The number of carbonyl (C=O) groups is 1. The maximum Gasteiger partial charge on any atom is 0.224 e. The Balaban J connectivity index is 1.55. The number of hydrogen-bond acceptors (Lipinski definition) is 4. The number of nitrogens with zero attached hydrogens (tertiary/aromatic N) is 3. The molecule has 5 rings (SSSR count). The molecule has 6 nitrogen and oxygen atoms in total. The number of aromatic nitrogens is 3. The molecule has 2 heterocycles. The van der Waals surface area contributed by atoms with Crippen LogP contribution >= 0.6 is 0 Å². The van der Waals surface area contributed by atoms with Gasteiger partial charge in [0, 0.05) is 34.8 Å². The maximum absolute atomic E-state index is 11.8. The highest BCUT2D eigenvalue weighted by atomic mass is 16.1. The standard InChI is InChI=1S/C23H27N5O/c1-2-20(29)25-16-7-6-8-17(15-16)26-22-18-9-13-23(11-4-3-5-12-23)21(18)27-19-10-14-24-28(19)22/h6-8,10,14-15,26H,2-5,9,11-13H2,1H3,(H,25,29). The molecule has 0 atom stereocenters. The molecular formula is C23H27N5O. The molecule has 2 N–H and O–H groups in total. The van der Waals surface area contributed by atoms with E-state index in [0.717, 1.165) is 29.3 Å². The largest absolute Gasteiger partial charge is 0.340 e. The van der Waals surface area contributed by atoms with Crippen LogP contribution in [0.2, 0.25) is 0 Å². The van der Waals surface area contributed by atoms with Crippen molar-refractivity contribution < 1.29 is 4.79 Å². The minimum Gasteiger partial charge on any atom is -0.340 e. The predicted molar refractivity (Wildman–Crippen MR) is 115 cm³/mol. The minimum atomic E-state index is 0.0145. The van der Waals surface area contributed by atoms with E-state index in [4.69, 9.17) is 4.98 Å². The van der Waals surface area contributed by atoms with Gasteiger partial charge in [-0.25, -0.2) is 4.98 Å². The maximum atomic E-state index is 11.8. The Labute approximate surface area is 170 Å². The highest BCUT2D eigenvalue weighted by Crippen LogP contribution is 2.49. The van der Waals surface area contributed by atoms with E-state index >= 15 is 0 Å². The number of rotatable bonds is 4. The van der Waals surface area contributed by atoms with Gasteiger partial charge in [0.05, 0.1) is 11.9 Å². The van der Waals surface area contributed by atoms with Crippen molar-refractivity contribution in [2.75, 3.05) is 10.6 Å². The smallest absolute Gasteiger partial charge is 0.224 e. The second kappa shape index (κ2) is 7.17. The van der Waals surface area contributed by atoms with Crippen molar-refractivity contribution in [1.29, 1.82) is 0 Å². The van der Waals surface area contributed by atoms with Crippen LogP contribution in [-0.2, 0) is 16.6 Å². The fourth-order valence-electron chi connectivity index (χ4n) is 5.04. The van der Waals surface area contributed by atoms with Crippen LogP contribution in [0.25, 0.3) is 5.65 Å². The van der Waals surface area contributed by atoms with E-state index < -0.39 is 0 Å². The molecule has 2 aliphatic rings. The van der Waals surface area contributed by atoms with Crippen molar-refractivity contribution in [2.45, 2.75) is 63.7 Å². The second-order valence-electron chi connectivity index (χ2n) is 8.34. The van der Waals surface area contributed by atoms with Crippen molar-refractivity contribution in [2.24, 2.45) is 0 Å². The summed E-state index contributed by atoms with van der Waals surface area (Å²) in [5.41, 5.74) is 5.46. The molecule has 3 aromatic rings. The number of benzene rings is 1. The Kier molecular flexibility index (Phi) is 4.49. The Bertz CT molecular complexity index is 1060. The highest BCUT2D eigenvalue weighted by molar-refractivity contribution is 5.91. The molecule has 2 aromatic heterocycles. The molecule has 1 spiro atoms. The summed E-state index contributed by atoms with van der Waals surface area (Å²) in [6, 6.07) is 9.85. The highest BCUT2D eigenvalue weighted by Gasteiger charge is 2.42. The van der Waals surface area contributed by atoms with Crippen molar-refractivity contribution in [3.63, 3.8) is 0 Å². The van der Waals surface area contributed by atoms with Crippen molar-refractivity contribution in [1.82, 2.24) is 14.6 Å². The summed E-state index contributed by atoms with van der Waals surface area (Å²) >= 11 is 0. The zero-order valence-electron chi connectivity index (χ0n) is 16.9. The van der Waals surface area contributed by atoms with E-state index in [-0.39, 0.29) is 11.3 Å². The minimum absolute atomic E-state index is 0.0145. The summed E-state index contributed by atoms with van der Waals surface area (Å²) in [6.45, 7) is 1.85. The van der Waals surface area contributed by atoms with Gasteiger partial charge in [-0.3, -0.25) is 4.79 Å². The predicted octanol–water partition coefficient (Wildman–Crippen LogP) is 4.97. The van der Waals surface area contributed by atoms with Gasteiger partial charge < -0.3 is 10.6 Å². The zero-order valence-corrected chi connectivity index (χ0v) is 16.9. The van der Waals surface area contributed by atoms with Gasteiger partial charge >= 0.3 is 0 Å². The first-order valence-corrected chi connectivity index (χ1v) is 10.7. The molecule has 29 heavy (non-hydrogen) atoms. The third-order valence-electron chi connectivity index (χ3n) is 6.53. The van der Waals surface area contributed by atoms with Gasteiger partial charge in [0.15, 0.2) is 5.65 Å². The van der Waals surface area contributed by atoms with E-state index in [1.807, 2.05) is 48.0 Å². The van der Waals surface area contributed by atoms with Crippen LogP contribution in [0.1, 0.15) is 63.1 Å². The average Bonchev–Trinajstić information content (AvgIpc) is 3.35. The molecule has 1 aromatic carbocycles. The average molecular weight is 390 g/mol. The first-order chi connectivity index (χ1) is 14.2. The van der Waals surface area contributed by atoms with E-state index in [9.17, 15) is 4.79 Å². The molecule has 0 bridgehead atoms. The molecule has 0 unspecified atom stereocenters. The van der Waals surface area contributed by atoms with Gasteiger partial charge in [0.1, 0.15) is 5.82 Å². The van der Waals surface area contributed by atoms with Gasteiger partial charge in [0.25, 0.3) is 0 Å². The summed E-state index contributed by atoms with van der Waals surface area (Å²) in [6.07, 6.45) is 10.9. The zero-order chi connectivity index (χ0) is 19.8. The molecule has 2 aliphatic carbocycles. The molecule has 0 saturated heterocycles. The quantitative estimate of drug-likeness (QED) is 0.661. The van der Waals surface area contributed by atoms with Gasteiger partial charge in [-0.15, -0.1) is 0 Å². The van der Waals surface area contributed by atoms with Gasteiger partial charge in [-0.2, -0.15) is 9.61 Å². The summed E-state index contributed by atoms with van der Waals surface area (Å²) in [7, 11) is 0. The normalized spacial score (nSPS) is 17.4. The summed E-state index contributed by atoms with van der Waals surface area (Å²) in [5.74, 6) is 1.03. The van der Waals surface area contributed by atoms with E-state index in [1.165, 1.54) is 49.8 Å². The van der Waals surface area contributed by atoms with Crippen LogP contribution in [0.4, 0.5) is 17.2 Å². The number of fused-ring (bicyclic) bond motifs is 3. The number of anilines is 3. The molecule has 150 valence electrons. The number of carbonyl (C=O) groups excluding carboxylic acids is 1. The van der Waals surface area contributed by atoms with E-state index in [1.54, 1.807) is 0 Å². The number of amides is 1. The number of nitrogens with one attached hydrogen (secondary N) is 2. The van der Waals surface area contributed by atoms with E-state index in [0.29, 0.717) is 6.42 Å². The van der Waals surface area contributed by atoms with Crippen LogP contribution in [0.3, 0.4) is 0 Å². The van der Waals surface area contributed by atoms with Crippen LogP contribution < -0.4 is 10.6 Å². The lowest BCUT2D eigenvalue weighted by Gasteiger charge is -2.33. The fraction of sp³-hybridized carbons (Fsp3) is 0.435. The Morgan fingerprint density at radius 2 is 1.97 bits per heavy atom. The Morgan fingerprint density at radius 1 is 1.14 bits per heavy atom. The third-order valence-corrected chi connectivity index (χ3v) is 6.53. The SMILES string of the molecule is CCC(=O)Nc1cccc(Nc2c3c(nc4ccnn24)C2(CCCCC2)CC3)c1. The molecule has 1 fully saturated rings. The first kappa shape index (κ1) is 18.2. The van der Waals surface area contributed by atoms with Crippen molar-refractivity contribution in [3.05, 3.63) is 47.8 Å². The van der Waals surface area contributed by atoms with Crippen LogP contribution in [-0.4, -0.2) is 20.5 Å². The van der Waals surface area contributed by atoms with Gasteiger partial charge in [-0.05, 0) is 43.9 Å². The van der Waals surface area contributed by atoms with Gasteiger partial charge in [-0.1, -0.05) is 32.3 Å². The molecule has 0 aliphatic heterocycles. The van der Waals surface area contributed by atoms with E-state index in [2.05, 4.69) is 15.7 Å². The summed E-state index contributed by atoms with van der Waals surface area (Å²) < 4.78 is 1.91. The van der Waals surface area contributed by atoms with Crippen molar-refractivity contribution in [3.8, 4) is 0 Å². The van der Waals surface area contributed by atoms with Crippen molar-refractivity contribution >= 4 is 28.7 Å². The lowest BCUT2D eigenvalue weighted by Crippen LogP contribution is -2.27. The van der Waals surface area contributed by atoms with Crippen LogP contribution in [0, 0.1) is 0 Å². The number of hydrogen-bond donors (Lipinski definition) is 2. The fourth-order valence-corrected chi connectivity index (χ4v) is 5.04. The Morgan fingerprint density at radius 3 is 2.79 bits per heavy atom. The Hall–Kier alpha value is -2.89. The lowest BCUT2D eigenvalue weighted by molar-refractivity contribution is -0.115. The summed E-state index contributed by atoms with van der Waals surface area (Å²) in [5, 5.41) is 11.1. The molecule has 1 saturated carbocycles. The summed E-state index contributed by atoms with van der Waals surface area (Å²) in [4.78, 5) is 16.8. The van der Waals surface area contributed by atoms with Gasteiger partial charge in [0.2, 0.25) is 5.91 Å². The third kappa shape index (κ3) is 3.16. The first-order valence-electron chi connectivity index (χ1n) is 10.7. The molecule has 6 heteroatoms. The van der Waals surface area contributed by atoms with Crippen LogP contribution in [0.15, 0.2) is 36.5 Å². The lowest BCUT2D eigenvalue weighted by atomic mass is 9.72. The molecular weight excluding hydrogens is 362 g/mol.